The van der Waals surface area contributed by atoms with Crippen molar-refractivity contribution in [2.24, 2.45) is 0 Å². The first-order chi connectivity index (χ1) is 11.5. The van der Waals surface area contributed by atoms with E-state index < -0.39 is 0 Å². The first-order valence-electron chi connectivity index (χ1n) is 7.78. The second-order valence-corrected chi connectivity index (χ2v) is 6.42. The second-order valence-electron chi connectivity index (χ2n) is 5.99. The van der Waals surface area contributed by atoms with Gasteiger partial charge < -0.3 is 10.2 Å². The fourth-order valence-corrected chi connectivity index (χ4v) is 3.08. The molecule has 24 heavy (non-hydrogen) atoms. The predicted molar refractivity (Wildman–Crippen MR) is 94.3 cm³/mol. The number of benzene rings is 2. The fourth-order valence-electron chi connectivity index (χ4n) is 2.87. The Kier molecular flexibility index (Phi) is 4.83. The van der Waals surface area contributed by atoms with Gasteiger partial charge in [0.25, 0.3) is 5.91 Å². The van der Waals surface area contributed by atoms with Crippen LogP contribution in [-0.4, -0.2) is 32.0 Å². The Morgan fingerprint density at radius 3 is 2.83 bits per heavy atom. The molecule has 1 atom stereocenters. The van der Waals surface area contributed by atoms with Gasteiger partial charge in [0.2, 0.25) is 5.91 Å². The summed E-state index contributed by atoms with van der Waals surface area (Å²) >= 11 is 6.00. The van der Waals surface area contributed by atoms with Gasteiger partial charge in [-0.2, -0.15) is 0 Å². The minimum absolute atomic E-state index is 0.0558. The molecule has 2 aromatic carbocycles. The summed E-state index contributed by atoms with van der Waals surface area (Å²) in [6.45, 7) is 1.04. The predicted octanol–water partition coefficient (Wildman–Crippen LogP) is 1.34. The van der Waals surface area contributed by atoms with Crippen molar-refractivity contribution in [3.63, 3.8) is 0 Å². The molecule has 0 radical (unpaired) electrons. The number of hydrogen-bond acceptors (Lipinski definition) is 2. The molecule has 1 aliphatic rings. The summed E-state index contributed by atoms with van der Waals surface area (Å²) in [4.78, 5) is 27.1. The number of anilines is 2. The maximum atomic E-state index is 12.7. The molecule has 2 amide bonds. The number of para-hydroxylation sites is 2. The summed E-state index contributed by atoms with van der Waals surface area (Å²) in [5.74, 6) is -0.244. The molecule has 0 saturated heterocycles. The lowest BCUT2D eigenvalue weighted by atomic mass is 10.2. The monoisotopic (exact) mass is 344 g/mol. The number of likely N-dealkylation sites (N-methyl/N-ethyl adjacent to an activating group) is 1. The molecule has 124 valence electrons. The lowest BCUT2D eigenvalue weighted by Gasteiger charge is -2.29. The van der Waals surface area contributed by atoms with Crippen molar-refractivity contribution >= 4 is 34.8 Å². The van der Waals surface area contributed by atoms with E-state index in [1.54, 1.807) is 11.0 Å². The summed E-state index contributed by atoms with van der Waals surface area (Å²) in [5, 5.41) is 3.48. The van der Waals surface area contributed by atoms with Crippen LogP contribution in [0, 0.1) is 0 Å². The van der Waals surface area contributed by atoms with Gasteiger partial charge in [-0.05, 0) is 24.3 Å². The normalized spacial score (nSPS) is 14.8. The van der Waals surface area contributed by atoms with Crippen molar-refractivity contribution < 1.29 is 14.5 Å². The van der Waals surface area contributed by atoms with Gasteiger partial charge in [0.05, 0.1) is 18.4 Å². The van der Waals surface area contributed by atoms with E-state index in [9.17, 15) is 9.59 Å². The molecule has 0 fully saturated rings. The molecule has 0 bridgehead atoms. The zero-order valence-electron chi connectivity index (χ0n) is 13.4. The lowest BCUT2D eigenvalue weighted by molar-refractivity contribution is -0.885. The van der Waals surface area contributed by atoms with Crippen molar-refractivity contribution in [2.75, 3.05) is 30.4 Å². The van der Waals surface area contributed by atoms with E-state index in [-0.39, 0.29) is 18.4 Å². The molecular formula is C18H19ClN3O2+. The molecule has 0 aliphatic carbocycles. The van der Waals surface area contributed by atoms with Gasteiger partial charge in [0, 0.05) is 10.6 Å². The second kappa shape index (κ2) is 7.03. The molecule has 5 nitrogen and oxygen atoms in total. The van der Waals surface area contributed by atoms with Crippen LogP contribution in [0.3, 0.4) is 0 Å². The van der Waals surface area contributed by atoms with Crippen molar-refractivity contribution in [1.29, 1.82) is 0 Å². The Labute approximate surface area is 145 Å². The molecule has 0 aromatic heterocycles. The van der Waals surface area contributed by atoms with Gasteiger partial charge >= 0.3 is 0 Å². The molecule has 2 N–H and O–H groups in total. The van der Waals surface area contributed by atoms with Crippen LogP contribution < -0.4 is 15.1 Å². The van der Waals surface area contributed by atoms with Crippen LogP contribution >= 0.6 is 11.6 Å². The molecule has 6 heteroatoms. The maximum Gasteiger partial charge on any atom is 0.282 e. The quantitative estimate of drug-likeness (QED) is 0.879. The number of nitrogens with zero attached hydrogens (tertiary/aromatic N) is 1. The van der Waals surface area contributed by atoms with Crippen LogP contribution in [0.4, 0.5) is 11.4 Å². The summed E-state index contributed by atoms with van der Waals surface area (Å²) in [7, 11) is 1.95. The third kappa shape index (κ3) is 3.75. The number of rotatable bonds is 4. The van der Waals surface area contributed by atoms with Crippen LogP contribution in [0.5, 0.6) is 0 Å². The zero-order chi connectivity index (χ0) is 17.1. The van der Waals surface area contributed by atoms with E-state index in [4.69, 9.17) is 11.6 Å². The smallest absolute Gasteiger partial charge is 0.282 e. The van der Waals surface area contributed by atoms with Gasteiger partial charge in [-0.1, -0.05) is 35.9 Å². The SMILES string of the molecule is C[NH+](CC(=O)N1CC(=O)Nc2ccccc21)Cc1cccc(Cl)c1. The summed E-state index contributed by atoms with van der Waals surface area (Å²) in [5.41, 5.74) is 2.50. The maximum absolute atomic E-state index is 12.7. The van der Waals surface area contributed by atoms with E-state index in [1.165, 1.54) is 0 Å². The largest absolute Gasteiger partial charge is 0.326 e. The van der Waals surface area contributed by atoms with Crippen molar-refractivity contribution in [3.8, 4) is 0 Å². The molecule has 2 aromatic rings. The van der Waals surface area contributed by atoms with E-state index in [2.05, 4.69) is 5.32 Å². The van der Waals surface area contributed by atoms with E-state index >= 15 is 0 Å². The molecule has 1 aliphatic heterocycles. The highest BCUT2D eigenvalue weighted by Crippen LogP contribution is 2.28. The Morgan fingerprint density at radius 1 is 1.25 bits per heavy atom. The topological polar surface area (TPSA) is 53.9 Å². The highest BCUT2D eigenvalue weighted by atomic mass is 35.5. The van der Waals surface area contributed by atoms with Crippen LogP contribution in [0.2, 0.25) is 5.02 Å². The van der Waals surface area contributed by atoms with Crippen LogP contribution in [0.15, 0.2) is 48.5 Å². The van der Waals surface area contributed by atoms with Gasteiger partial charge in [0.15, 0.2) is 6.54 Å². The van der Waals surface area contributed by atoms with E-state index in [0.717, 1.165) is 16.2 Å². The number of amides is 2. The van der Waals surface area contributed by atoms with Crippen molar-refractivity contribution in [2.45, 2.75) is 6.54 Å². The van der Waals surface area contributed by atoms with Gasteiger partial charge in [-0.3, -0.25) is 14.5 Å². The lowest BCUT2D eigenvalue weighted by Crippen LogP contribution is -3.09. The van der Waals surface area contributed by atoms with Crippen LogP contribution in [-0.2, 0) is 16.1 Å². The number of carbonyl (C=O) groups is 2. The van der Waals surface area contributed by atoms with Crippen LogP contribution in [0.1, 0.15) is 5.56 Å². The standard InChI is InChI=1S/C18H18ClN3O2/c1-21(10-13-5-4-6-14(19)9-13)12-18(24)22-11-17(23)20-15-7-2-3-8-16(15)22/h2-9H,10-12H2,1H3,(H,20,23)/p+1. The summed E-state index contributed by atoms with van der Waals surface area (Å²) < 4.78 is 0. The third-order valence-electron chi connectivity index (χ3n) is 3.92. The summed E-state index contributed by atoms with van der Waals surface area (Å²) in [6, 6.07) is 15.0. The molecule has 0 saturated carbocycles. The Balaban J connectivity index is 1.69. The minimum atomic E-state index is -0.172. The van der Waals surface area contributed by atoms with Gasteiger partial charge in [-0.15, -0.1) is 0 Å². The number of carbonyl (C=O) groups excluding carboxylic acids is 2. The van der Waals surface area contributed by atoms with E-state index in [0.29, 0.717) is 23.8 Å². The Bertz CT molecular complexity index is 778. The number of hydrogen-bond donors (Lipinski definition) is 2. The first kappa shape index (κ1) is 16.5. The van der Waals surface area contributed by atoms with Gasteiger partial charge in [0.1, 0.15) is 13.1 Å². The Morgan fingerprint density at radius 2 is 2.04 bits per heavy atom. The fraction of sp³-hybridized carbons (Fsp3) is 0.222. The van der Waals surface area contributed by atoms with Crippen molar-refractivity contribution in [3.05, 3.63) is 59.1 Å². The molecule has 1 heterocycles. The molecule has 3 rings (SSSR count). The summed E-state index contributed by atoms with van der Waals surface area (Å²) in [6.07, 6.45) is 0. The first-order valence-corrected chi connectivity index (χ1v) is 8.16. The average Bonchev–Trinajstić information content (AvgIpc) is 2.53. The molecule has 0 spiro atoms. The van der Waals surface area contributed by atoms with E-state index in [1.807, 2.05) is 49.5 Å². The molecular weight excluding hydrogens is 326 g/mol. The van der Waals surface area contributed by atoms with Crippen LogP contribution in [0.25, 0.3) is 0 Å². The number of nitrogens with one attached hydrogen (secondary N) is 2. The third-order valence-corrected chi connectivity index (χ3v) is 4.15. The minimum Gasteiger partial charge on any atom is -0.326 e. The highest BCUT2D eigenvalue weighted by molar-refractivity contribution is 6.30. The Hall–Kier alpha value is -2.37. The zero-order valence-corrected chi connectivity index (χ0v) is 14.1. The number of fused-ring (bicyclic) bond motifs is 1. The molecule has 1 unspecified atom stereocenters. The van der Waals surface area contributed by atoms with Gasteiger partial charge in [-0.25, -0.2) is 0 Å². The number of quaternary nitrogens is 1. The average molecular weight is 345 g/mol. The highest BCUT2D eigenvalue weighted by Gasteiger charge is 2.28. The van der Waals surface area contributed by atoms with Crippen molar-refractivity contribution in [1.82, 2.24) is 0 Å². The number of halogens is 1.